The molecule has 2 heteroatoms. The van der Waals surface area contributed by atoms with Crippen LogP contribution in [0.15, 0.2) is 72.8 Å². The standard InChI is InChI=1S/C22H23NO/c1-16-21(18-6-4-3-5-7-18)12-19-14-23(15-22(16)19)13-17-8-10-20(24-2)11-9-17/h3-12,19,22H,1,13-15H2,2H3. The van der Waals surface area contributed by atoms with Crippen LogP contribution in [0.5, 0.6) is 5.75 Å². The second kappa shape index (κ2) is 6.29. The fourth-order valence-electron chi connectivity index (χ4n) is 3.99. The van der Waals surface area contributed by atoms with Gasteiger partial charge in [0.05, 0.1) is 7.11 Å². The molecule has 1 aliphatic carbocycles. The third kappa shape index (κ3) is 2.78. The van der Waals surface area contributed by atoms with Crippen molar-refractivity contribution in [2.75, 3.05) is 20.2 Å². The summed E-state index contributed by atoms with van der Waals surface area (Å²) in [4.78, 5) is 2.54. The molecule has 2 aromatic carbocycles. The molecule has 0 spiro atoms. The van der Waals surface area contributed by atoms with E-state index < -0.39 is 0 Å². The Morgan fingerprint density at radius 3 is 2.46 bits per heavy atom. The van der Waals surface area contributed by atoms with Crippen molar-refractivity contribution in [1.29, 1.82) is 0 Å². The Morgan fingerprint density at radius 2 is 1.79 bits per heavy atom. The fraction of sp³-hybridized carbons (Fsp3) is 0.273. The third-order valence-corrected chi connectivity index (χ3v) is 5.27. The molecule has 122 valence electrons. The van der Waals surface area contributed by atoms with Crippen molar-refractivity contribution < 1.29 is 4.74 Å². The van der Waals surface area contributed by atoms with E-state index in [4.69, 9.17) is 4.74 Å². The highest BCUT2D eigenvalue weighted by Gasteiger charge is 2.38. The maximum Gasteiger partial charge on any atom is 0.118 e. The number of fused-ring (bicyclic) bond motifs is 1. The summed E-state index contributed by atoms with van der Waals surface area (Å²) in [5, 5.41) is 0. The Kier molecular flexibility index (Phi) is 3.99. The van der Waals surface area contributed by atoms with E-state index >= 15 is 0 Å². The van der Waals surface area contributed by atoms with Crippen molar-refractivity contribution in [3.05, 3.63) is 84.0 Å². The minimum Gasteiger partial charge on any atom is -0.497 e. The first-order valence-corrected chi connectivity index (χ1v) is 8.56. The first kappa shape index (κ1) is 15.2. The van der Waals surface area contributed by atoms with Gasteiger partial charge in [-0.15, -0.1) is 0 Å². The van der Waals surface area contributed by atoms with Gasteiger partial charge in [0, 0.05) is 25.6 Å². The number of benzene rings is 2. The second-order valence-corrected chi connectivity index (χ2v) is 6.78. The Bertz CT molecular complexity index is 760. The van der Waals surface area contributed by atoms with Crippen LogP contribution in [0.25, 0.3) is 5.57 Å². The minimum atomic E-state index is 0.568. The van der Waals surface area contributed by atoms with Crippen LogP contribution < -0.4 is 4.74 Å². The maximum absolute atomic E-state index is 5.23. The van der Waals surface area contributed by atoms with Crippen molar-refractivity contribution >= 4 is 5.57 Å². The Hall–Kier alpha value is -2.32. The Balaban J connectivity index is 1.45. The van der Waals surface area contributed by atoms with E-state index in [0.29, 0.717) is 11.8 Å². The molecule has 4 rings (SSSR count). The van der Waals surface area contributed by atoms with Gasteiger partial charge in [-0.3, -0.25) is 4.90 Å². The normalized spacial score (nSPS) is 23.2. The van der Waals surface area contributed by atoms with E-state index in [9.17, 15) is 0 Å². The molecule has 1 saturated heterocycles. The van der Waals surface area contributed by atoms with Crippen molar-refractivity contribution in [2.45, 2.75) is 6.54 Å². The zero-order chi connectivity index (χ0) is 16.5. The summed E-state index contributed by atoms with van der Waals surface area (Å²) >= 11 is 0. The molecule has 24 heavy (non-hydrogen) atoms. The van der Waals surface area contributed by atoms with Gasteiger partial charge in [0.25, 0.3) is 0 Å². The summed E-state index contributed by atoms with van der Waals surface area (Å²) in [6, 6.07) is 19.1. The SMILES string of the molecule is C=C1C(c2ccccc2)=CC2CN(Cc3ccc(OC)cc3)CC12. The second-order valence-electron chi connectivity index (χ2n) is 6.78. The number of hydrogen-bond acceptors (Lipinski definition) is 2. The highest BCUT2D eigenvalue weighted by atomic mass is 16.5. The van der Waals surface area contributed by atoms with Gasteiger partial charge in [-0.05, 0) is 40.3 Å². The van der Waals surface area contributed by atoms with Crippen molar-refractivity contribution in [3.63, 3.8) is 0 Å². The average molecular weight is 317 g/mol. The van der Waals surface area contributed by atoms with Gasteiger partial charge in [0.2, 0.25) is 0 Å². The zero-order valence-electron chi connectivity index (χ0n) is 14.1. The molecule has 2 aromatic rings. The predicted molar refractivity (Wildman–Crippen MR) is 98.8 cm³/mol. The van der Waals surface area contributed by atoms with Crippen molar-refractivity contribution in [3.8, 4) is 5.75 Å². The van der Waals surface area contributed by atoms with Crippen LogP contribution in [0.2, 0.25) is 0 Å². The molecule has 0 aromatic heterocycles. The molecule has 0 amide bonds. The van der Waals surface area contributed by atoms with E-state index in [1.54, 1.807) is 7.11 Å². The fourth-order valence-corrected chi connectivity index (χ4v) is 3.99. The van der Waals surface area contributed by atoms with E-state index in [1.807, 2.05) is 12.1 Å². The summed E-state index contributed by atoms with van der Waals surface area (Å²) in [6.45, 7) is 7.62. The monoisotopic (exact) mass is 317 g/mol. The summed E-state index contributed by atoms with van der Waals surface area (Å²) < 4.78 is 5.23. The van der Waals surface area contributed by atoms with E-state index in [2.05, 4.69) is 60.0 Å². The van der Waals surface area contributed by atoms with E-state index in [1.165, 1.54) is 22.3 Å². The first-order valence-electron chi connectivity index (χ1n) is 8.56. The number of nitrogens with zero attached hydrogens (tertiary/aromatic N) is 1. The van der Waals surface area contributed by atoms with Gasteiger partial charge in [0.15, 0.2) is 0 Å². The number of likely N-dealkylation sites (tertiary alicyclic amines) is 1. The molecule has 0 saturated carbocycles. The number of ether oxygens (including phenoxy) is 1. The number of rotatable bonds is 4. The molecule has 1 fully saturated rings. The highest BCUT2D eigenvalue weighted by molar-refractivity contribution is 5.82. The smallest absolute Gasteiger partial charge is 0.118 e. The average Bonchev–Trinajstić information content (AvgIpc) is 3.15. The lowest BCUT2D eigenvalue weighted by Crippen LogP contribution is -2.21. The van der Waals surface area contributed by atoms with Gasteiger partial charge < -0.3 is 4.74 Å². The van der Waals surface area contributed by atoms with Crippen molar-refractivity contribution in [2.24, 2.45) is 11.8 Å². The molecule has 2 aliphatic rings. The van der Waals surface area contributed by atoms with Gasteiger partial charge in [-0.2, -0.15) is 0 Å². The lowest BCUT2D eigenvalue weighted by molar-refractivity contribution is 0.319. The molecular formula is C22H23NO. The van der Waals surface area contributed by atoms with Crippen LogP contribution in [-0.4, -0.2) is 25.1 Å². The third-order valence-electron chi connectivity index (χ3n) is 5.27. The number of methoxy groups -OCH3 is 1. The van der Waals surface area contributed by atoms with Crippen LogP contribution >= 0.6 is 0 Å². The predicted octanol–water partition coefficient (Wildman–Crippen LogP) is 4.40. The molecule has 0 bridgehead atoms. The van der Waals surface area contributed by atoms with Gasteiger partial charge in [-0.25, -0.2) is 0 Å². The van der Waals surface area contributed by atoms with Crippen LogP contribution in [0.3, 0.4) is 0 Å². The lowest BCUT2D eigenvalue weighted by atomic mass is 9.93. The molecule has 0 radical (unpaired) electrons. The topological polar surface area (TPSA) is 12.5 Å². The first-order chi connectivity index (χ1) is 11.7. The van der Waals surface area contributed by atoms with Crippen LogP contribution in [-0.2, 0) is 6.54 Å². The summed E-state index contributed by atoms with van der Waals surface area (Å²) in [5.74, 6) is 2.09. The summed E-state index contributed by atoms with van der Waals surface area (Å²) in [5.41, 5.74) is 5.31. The largest absolute Gasteiger partial charge is 0.497 e. The van der Waals surface area contributed by atoms with Crippen LogP contribution in [0.4, 0.5) is 0 Å². The molecular weight excluding hydrogens is 294 g/mol. The Labute approximate surface area is 144 Å². The van der Waals surface area contributed by atoms with Crippen LogP contribution in [0.1, 0.15) is 11.1 Å². The number of allylic oxidation sites excluding steroid dienone is 1. The molecule has 2 atom stereocenters. The Morgan fingerprint density at radius 1 is 1.04 bits per heavy atom. The van der Waals surface area contributed by atoms with Crippen molar-refractivity contribution in [1.82, 2.24) is 4.90 Å². The maximum atomic E-state index is 5.23. The minimum absolute atomic E-state index is 0.568. The van der Waals surface area contributed by atoms with Gasteiger partial charge >= 0.3 is 0 Å². The number of hydrogen-bond donors (Lipinski definition) is 0. The molecule has 1 heterocycles. The van der Waals surface area contributed by atoms with E-state index in [0.717, 1.165) is 25.4 Å². The summed E-state index contributed by atoms with van der Waals surface area (Å²) in [7, 11) is 1.71. The molecule has 2 nitrogen and oxygen atoms in total. The van der Waals surface area contributed by atoms with Gasteiger partial charge in [-0.1, -0.05) is 55.1 Å². The molecule has 2 unspecified atom stereocenters. The highest BCUT2D eigenvalue weighted by Crippen LogP contribution is 2.44. The van der Waals surface area contributed by atoms with E-state index in [-0.39, 0.29) is 0 Å². The zero-order valence-corrected chi connectivity index (χ0v) is 14.1. The lowest BCUT2D eigenvalue weighted by Gasteiger charge is -2.18. The quantitative estimate of drug-likeness (QED) is 0.829. The van der Waals surface area contributed by atoms with Gasteiger partial charge in [0.1, 0.15) is 5.75 Å². The molecule has 1 aliphatic heterocycles. The molecule has 0 N–H and O–H groups in total. The van der Waals surface area contributed by atoms with Crippen LogP contribution in [0, 0.1) is 11.8 Å². The summed E-state index contributed by atoms with van der Waals surface area (Å²) in [6.07, 6.45) is 2.44.